The lowest BCUT2D eigenvalue weighted by molar-refractivity contribution is -0.111. The van der Waals surface area contributed by atoms with E-state index in [0.717, 1.165) is 31.4 Å². The molecule has 4 heteroatoms. The standard InChI is InChI=1S/C21H36O3Si/c1-19(2,3)25(6,7)24-14-21(5)16-9-8-15-11-13-23-18(15)20(16,4)12-10-17(21)22/h11,13,16-17,22H,8-10,12,14H2,1-7H3/t16-,17+,20+,21-/m1/s1. The summed E-state index contributed by atoms with van der Waals surface area (Å²) in [6.07, 6.45) is 5.52. The monoisotopic (exact) mass is 364 g/mol. The van der Waals surface area contributed by atoms with Crippen molar-refractivity contribution in [1.29, 1.82) is 0 Å². The molecule has 2 aliphatic carbocycles. The highest BCUT2D eigenvalue weighted by molar-refractivity contribution is 6.74. The molecule has 1 aromatic rings. The van der Waals surface area contributed by atoms with Crippen LogP contribution >= 0.6 is 0 Å². The van der Waals surface area contributed by atoms with Gasteiger partial charge >= 0.3 is 0 Å². The number of aliphatic hydroxyl groups is 1. The van der Waals surface area contributed by atoms with Crippen LogP contribution in [0.2, 0.25) is 18.1 Å². The van der Waals surface area contributed by atoms with Gasteiger partial charge in [0.25, 0.3) is 0 Å². The van der Waals surface area contributed by atoms with E-state index in [9.17, 15) is 5.11 Å². The van der Waals surface area contributed by atoms with E-state index in [-0.39, 0.29) is 22.0 Å². The SMILES string of the molecule is CC(C)(C)[Si](C)(C)OC[C@@]1(C)[C@@H](O)CC[C@]2(C)c3occc3CC[C@@H]12. The first-order valence-electron chi connectivity index (χ1n) is 9.81. The highest BCUT2D eigenvalue weighted by Gasteiger charge is 2.57. The van der Waals surface area contributed by atoms with Gasteiger partial charge in [-0.1, -0.05) is 34.6 Å². The molecule has 0 aliphatic heterocycles. The second-order valence-corrected chi connectivity index (χ2v) is 15.2. The normalized spacial score (nSPS) is 36.0. The van der Waals surface area contributed by atoms with Crippen molar-refractivity contribution in [3.8, 4) is 0 Å². The van der Waals surface area contributed by atoms with Crippen LogP contribution in [0.5, 0.6) is 0 Å². The topological polar surface area (TPSA) is 42.6 Å². The maximum atomic E-state index is 11.0. The largest absolute Gasteiger partial charge is 0.468 e. The number of hydrogen-bond acceptors (Lipinski definition) is 3. The van der Waals surface area contributed by atoms with E-state index in [0.29, 0.717) is 12.5 Å². The third kappa shape index (κ3) is 2.94. The molecule has 3 nitrogen and oxygen atoms in total. The van der Waals surface area contributed by atoms with E-state index < -0.39 is 8.32 Å². The molecule has 0 saturated heterocycles. The molecule has 1 heterocycles. The summed E-state index contributed by atoms with van der Waals surface area (Å²) in [7, 11) is -1.84. The second kappa shape index (κ2) is 5.96. The van der Waals surface area contributed by atoms with Crippen LogP contribution in [0.1, 0.15) is 65.2 Å². The van der Waals surface area contributed by atoms with Gasteiger partial charge in [0.15, 0.2) is 8.32 Å². The van der Waals surface area contributed by atoms with Crippen LogP contribution in [0.4, 0.5) is 0 Å². The minimum atomic E-state index is -1.84. The zero-order valence-corrected chi connectivity index (χ0v) is 18.1. The summed E-state index contributed by atoms with van der Waals surface area (Å²) in [6, 6.07) is 2.13. The molecule has 0 amide bonds. The van der Waals surface area contributed by atoms with Gasteiger partial charge in [-0.05, 0) is 61.4 Å². The van der Waals surface area contributed by atoms with Crippen molar-refractivity contribution in [2.45, 2.75) is 90.0 Å². The van der Waals surface area contributed by atoms with Gasteiger partial charge in [0.2, 0.25) is 0 Å². The van der Waals surface area contributed by atoms with Gasteiger partial charge in [0, 0.05) is 17.4 Å². The fraction of sp³-hybridized carbons (Fsp3) is 0.810. The zero-order valence-electron chi connectivity index (χ0n) is 17.1. The van der Waals surface area contributed by atoms with Crippen LogP contribution in [0.15, 0.2) is 16.7 Å². The van der Waals surface area contributed by atoms with Crippen molar-refractivity contribution in [1.82, 2.24) is 0 Å². The maximum Gasteiger partial charge on any atom is 0.192 e. The first-order valence-corrected chi connectivity index (χ1v) is 12.7. The average molecular weight is 365 g/mol. The highest BCUT2D eigenvalue weighted by Crippen LogP contribution is 2.58. The predicted octanol–water partition coefficient (Wildman–Crippen LogP) is 5.28. The minimum Gasteiger partial charge on any atom is -0.468 e. The van der Waals surface area contributed by atoms with Crippen LogP contribution in [0, 0.1) is 11.3 Å². The molecule has 25 heavy (non-hydrogen) atoms. The average Bonchev–Trinajstić information content (AvgIpc) is 2.99. The van der Waals surface area contributed by atoms with Crippen molar-refractivity contribution < 1.29 is 13.9 Å². The molecule has 0 aromatic carbocycles. The van der Waals surface area contributed by atoms with E-state index in [1.54, 1.807) is 0 Å². The lowest BCUT2D eigenvalue weighted by Crippen LogP contribution is -2.58. The predicted molar refractivity (Wildman–Crippen MR) is 104 cm³/mol. The Bertz CT molecular complexity index is 629. The lowest BCUT2D eigenvalue weighted by Gasteiger charge is -2.56. The van der Waals surface area contributed by atoms with Crippen LogP contribution < -0.4 is 0 Å². The summed E-state index contributed by atoms with van der Waals surface area (Å²) in [5.74, 6) is 1.56. The van der Waals surface area contributed by atoms with Gasteiger partial charge in [-0.3, -0.25) is 0 Å². The quantitative estimate of drug-likeness (QED) is 0.742. The third-order valence-electron chi connectivity index (χ3n) is 7.78. The molecule has 3 rings (SSSR count). The summed E-state index contributed by atoms with van der Waals surface area (Å²) in [6.45, 7) is 16.7. The summed E-state index contributed by atoms with van der Waals surface area (Å²) >= 11 is 0. The molecular weight excluding hydrogens is 328 g/mol. The van der Waals surface area contributed by atoms with Crippen LogP contribution in [0.25, 0.3) is 0 Å². The van der Waals surface area contributed by atoms with Gasteiger partial charge in [-0.15, -0.1) is 0 Å². The maximum absolute atomic E-state index is 11.0. The Labute approximate surface area is 154 Å². The summed E-state index contributed by atoms with van der Waals surface area (Å²) in [5, 5.41) is 11.2. The lowest BCUT2D eigenvalue weighted by atomic mass is 9.50. The molecule has 142 valence electrons. The Morgan fingerprint density at radius 3 is 2.60 bits per heavy atom. The fourth-order valence-electron chi connectivity index (χ4n) is 4.90. The number of fused-ring (bicyclic) bond motifs is 3. The third-order valence-corrected chi connectivity index (χ3v) is 12.3. The number of rotatable bonds is 3. The zero-order chi connectivity index (χ0) is 18.7. The van der Waals surface area contributed by atoms with E-state index in [2.05, 4.69) is 53.8 Å². The van der Waals surface area contributed by atoms with Gasteiger partial charge in [0.05, 0.1) is 12.4 Å². The van der Waals surface area contributed by atoms with E-state index in [1.165, 1.54) is 5.56 Å². The number of hydrogen-bond donors (Lipinski definition) is 1. The van der Waals surface area contributed by atoms with Crippen LogP contribution in [-0.4, -0.2) is 26.1 Å². The van der Waals surface area contributed by atoms with Crippen LogP contribution in [0.3, 0.4) is 0 Å². The van der Waals surface area contributed by atoms with Gasteiger partial charge in [-0.2, -0.15) is 0 Å². The summed E-state index contributed by atoms with van der Waals surface area (Å²) < 4.78 is 12.6. The van der Waals surface area contributed by atoms with Crippen molar-refractivity contribution in [3.63, 3.8) is 0 Å². The molecule has 1 fully saturated rings. The van der Waals surface area contributed by atoms with Crippen molar-refractivity contribution in [2.75, 3.05) is 6.61 Å². The van der Waals surface area contributed by atoms with E-state index in [1.807, 2.05) is 6.26 Å². The number of aryl methyl sites for hydroxylation is 1. The van der Waals surface area contributed by atoms with E-state index in [4.69, 9.17) is 8.84 Å². The first-order chi connectivity index (χ1) is 11.4. The molecule has 0 spiro atoms. The number of furan rings is 1. The van der Waals surface area contributed by atoms with Gasteiger partial charge < -0.3 is 13.9 Å². The Balaban J connectivity index is 1.90. The Morgan fingerprint density at radius 2 is 1.96 bits per heavy atom. The summed E-state index contributed by atoms with van der Waals surface area (Å²) in [4.78, 5) is 0. The van der Waals surface area contributed by atoms with Crippen molar-refractivity contribution >= 4 is 8.32 Å². The molecule has 0 bridgehead atoms. The molecular formula is C21H36O3Si. The van der Waals surface area contributed by atoms with Crippen LogP contribution in [-0.2, 0) is 16.3 Å². The highest BCUT2D eigenvalue weighted by atomic mass is 28.4. The molecule has 1 saturated carbocycles. The minimum absolute atomic E-state index is 0.0157. The molecule has 0 unspecified atom stereocenters. The molecule has 2 aliphatic rings. The van der Waals surface area contributed by atoms with Crippen molar-refractivity contribution in [2.24, 2.45) is 11.3 Å². The van der Waals surface area contributed by atoms with E-state index >= 15 is 0 Å². The fourth-order valence-corrected chi connectivity index (χ4v) is 6.01. The molecule has 0 radical (unpaired) electrons. The smallest absolute Gasteiger partial charge is 0.192 e. The number of aliphatic hydroxyl groups excluding tert-OH is 1. The summed E-state index contributed by atoms with van der Waals surface area (Å²) in [5.41, 5.74) is 1.16. The first kappa shape index (κ1) is 19.2. The second-order valence-electron chi connectivity index (χ2n) is 10.4. The van der Waals surface area contributed by atoms with Gasteiger partial charge in [-0.25, -0.2) is 0 Å². The molecule has 1 aromatic heterocycles. The Kier molecular flexibility index (Phi) is 4.58. The molecule has 1 N–H and O–H groups in total. The Hall–Kier alpha value is -0.583. The van der Waals surface area contributed by atoms with Crippen molar-refractivity contribution in [3.05, 3.63) is 23.7 Å². The van der Waals surface area contributed by atoms with Gasteiger partial charge in [0.1, 0.15) is 5.76 Å². The molecule has 4 atom stereocenters. The Morgan fingerprint density at radius 1 is 1.28 bits per heavy atom.